The fourth-order valence-electron chi connectivity index (χ4n) is 3.53. The zero-order valence-electron chi connectivity index (χ0n) is 19.1. The molecule has 1 amide bonds. The lowest BCUT2D eigenvalue weighted by atomic mass is 10.0. The maximum absolute atomic E-state index is 11.9. The summed E-state index contributed by atoms with van der Waals surface area (Å²) in [5, 5.41) is 6.90. The summed E-state index contributed by atoms with van der Waals surface area (Å²) in [6, 6.07) is 11.5. The number of nitrogens with zero attached hydrogens (tertiary/aromatic N) is 3. The van der Waals surface area contributed by atoms with Crippen LogP contribution in [0.4, 0.5) is 0 Å². The van der Waals surface area contributed by atoms with Crippen molar-refractivity contribution in [3.63, 3.8) is 0 Å². The van der Waals surface area contributed by atoms with Gasteiger partial charge in [-0.15, -0.1) is 0 Å². The van der Waals surface area contributed by atoms with Gasteiger partial charge in [0, 0.05) is 59.0 Å². The number of guanidine groups is 1. The van der Waals surface area contributed by atoms with Crippen LogP contribution in [0.2, 0.25) is 0 Å². The topological polar surface area (TPSA) is 69.2 Å². The summed E-state index contributed by atoms with van der Waals surface area (Å²) in [6.45, 7) is 8.75. The van der Waals surface area contributed by atoms with E-state index in [2.05, 4.69) is 57.8 Å². The van der Waals surface area contributed by atoms with Crippen LogP contribution in [0.15, 0.2) is 35.3 Å². The lowest BCUT2D eigenvalue weighted by molar-refractivity contribution is -0.127. The molecular weight excluding hydrogens is 378 g/mol. The van der Waals surface area contributed by atoms with Gasteiger partial charge in [0.1, 0.15) is 6.54 Å². The Bertz CT molecular complexity index is 642. The first-order valence-corrected chi connectivity index (χ1v) is 11.1. The van der Waals surface area contributed by atoms with Gasteiger partial charge in [-0.1, -0.05) is 30.3 Å². The van der Waals surface area contributed by atoms with Crippen LogP contribution in [0.1, 0.15) is 44.7 Å². The lowest BCUT2D eigenvalue weighted by Gasteiger charge is -2.37. The minimum atomic E-state index is -0.00285. The van der Waals surface area contributed by atoms with E-state index in [1.807, 2.05) is 6.92 Å². The Kier molecular flexibility index (Phi) is 10.7. The summed E-state index contributed by atoms with van der Waals surface area (Å²) in [6.07, 6.45) is 3.01. The molecule has 30 heavy (non-hydrogen) atoms. The fourth-order valence-corrected chi connectivity index (χ4v) is 3.53. The maximum Gasteiger partial charge on any atom is 0.243 e. The molecule has 0 aromatic heterocycles. The van der Waals surface area contributed by atoms with Crippen molar-refractivity contribution in [2.75, 3.05) is 53.5 Å². The van der Waals surface area contributed by atoms with E-state index in [1.165, 1.54) is 5.56 Å². The van der Waals surface area contributed by atoms with Crippen LogP contribution in [0.3, 0.4) is 0 Å². The highest BCUT2D eigenvalue weighted by atomic mass is 16.5. The van der Waals surface area contributed by atoms with Crippen molar-refractivity contribution in [1.29, 1.82) is 0 Å². The van der Waals surface area contributed by atoms with Gasteiger partial charge in [-0.05, 0) is 38.7 Å². The number of likely N-dealkylation sites (tertiary alicyclic amines) is 1. The van der Waals surface area contributed by atoms with Crippen LogP contribution >= 0.6 is 0 Å². The van der Waals surface area contributed by atoms with Crippen LogP contribution in [-0.4, -0.2) is 81.2 Å². The Labute approximate surface area is 181 Å². The van der Waals surface area contributed by atoms with Gasteiger partial charge in [0.05, 0.1) is 0 Å². The van der Waals surface area contributed by atoms with Crippen molar-refractivity contribution in [2.24, 2.45) is 4.99 Å². The van der Waals surface area contributed by atoms with E-state index in [9.17, 15) is 4.79 Å². The molecule has 1 aliphatic rings. The molecule has 0 saturated carbocycles. The first-order valence-electron chi connectivity index (χ1n) is 11.1. The first-order chi connectivity index (χ1) is 14.5. The number of benzene rings is 1. The van der Waals surface area contributed by atoms with Gasteiger partial charge < -0.3 is 20.3 Å². The molecule has 1 fully saturated rings. The Morgan fingerprint density at radius 1 is 1.27 bits per heavy atom. The number of likely N-dealkylation sites (N-methyl/N-ethyl adjacent to an activating group) is 1. The normalized spacial score (nSPS) is 16.9. The van der Waals surface area contributed by atoms with Gasteiger partial charge in [-0.2, -0.15) is 0 Å². The molecule has 1 aromatic rings. The third-order valence-electron chi connectivity index (χ3n) is 5.53. The maximum atomic E-state index is 11.9. The number of piperidine rings is 1. The van der Waals surface area contributed by atoms with E-state index in [0.29, 0.717) is 12.1 Å². The summed E-state index contributed by atoms with van der Waals surface area (Å²) < 4.78 is 5.40. The zero-order valence-corrected chi connectivity index (χ0v) is 19.1. The Hall–Kier alpha value is -2.12. The van der Waals surface area contributed by atoms with Crippen LogP contribution in [-0.2, 0) is 9.53 Å². The number of aliphatic imine (C=N–C) groups is 1. The second-order valence-corrected chi connectivity index (χ2v) is 7.97. The van der Waals surface area contributed by atoms with E-state index in [4.69, 9.17) is 4.74 Å². The van der Waals surface area contributed by atoms with Gasteiger partial charge in [0.15, 0.2) is 5.96 Å². The molecule has 7 heteroatoms. The number of rotatable bonds is 10. The van der Waals surface area contributed by atoms with E-state index < -0.39 is 0 Å². The number of amides is 1. The molecule has 1 aromatic carbocycles. The molecule has 2 rings (SSSR count). The second-order valence-electron chi connectivity index (χ2n) is 7.97. The van der Waals surface area contributed by atoms with Gasteiger partial charge in [0.25, 0.3) is 0 Å². The van der Waals surface area contributed by atoms with Crippen molar-refractivity contribution in [3.05, 3.63) is 35.9 Å². The molecule has 1 atom stereocenters. The highest BCUT2D eigenvalue weighted by molar-refractivity contribution is 5.84. The van der Waals surface area contributed by atoms with E-state index in [0.717, 1.165) is 58.1 Å². The van der Waals surface area contributed by atoms with Gasteiger partial charge >= 0.3 is 0 Å². The highest BCUT2D eigenvalue weighted by Gasteiger charge is 2.24. The molecule has 1 aliphatic heterocycles. The predicted octanol–water partition coefficient (Wildman–Crippen LogP) is 2.26. The third-order valence-corrected chi connectivity index (χ3v) is 5.53. The van der Waals surface area contributed by atoms with Crippen LogP contribution in [0, 0.1) is 0 Å². The fraction of sp³-hybridized carbons (Fsp3) is 0.652. The van der Waals surface area contributed by atoms with E-state index in [1.54, 1.807) is 19.0 Å². The molecule has 0 radical (unpaired) electrons. The Balaban J connectivity index is 1.85. The molecule has 168 valence electrons. The minimum Gasteiger partial charge on any atom is -0.382 e. The standard InChI is InChI=1S/C23H39N5O2/c1-5-30-17-9-14-24-23(25-18-22(29)27(3)4)26-21-12-15-28(16-13-21)19(2)20-10-7-6-8-11-20/h6-8,10-11,19,21H,5,9,12-18H2,1-4H3,(H2,24,25,26). The average molecular weight is 418 g/mol. The summed E-state index contributed by atoms with van der Waals surface area (Å²) in [5.41, 5.74) is 1.37. The molecular formula is C23H39N5O2. The zero-order chi connectivity index (χ0) is 21.8. The van der Waals surface area contributed by atoms with Crippen LogP contribution in [0.5, 0.6) is 0 Å². The van der Waals surface area contributed by atoms with Gasteiger partial charge in [0.2, 0.25) is 5.91 Å². The highest BCUT2D eigenvalue weighted by Crippen LogP contribution is 2.23. The summed E-state index contributed by atoms with van der Waals surface area (Å²) in [4.78, 5) is 20.6. The third kappa shape index (κ3) is 8.32. The molecule has 0 bridgehead atoms. The number of carbonyl (C=O) groups is 1. The number of nitrogens with one attached hydrogen (secondary N) is 2. The van der Waals surface area contributed by atoms with E-state index >= 15 is 0 Å². The van der Waals surface area contributed by atoms with Crippen LogP contribution < -0.4 is 10.6 Å². The molecule has 0 spiro atoms. The van der Waals surface area contributed by atoms with Crippen molar-refractivity contribution in [2.45, 2.75) is 45.2 Å². The Morgan fingerprint density at radius 3 is 2.60 bits per heavy atom. The molecule has 1 heterocycles. The molecule has 0 aliphatic carbocycles. The van der Waals surface area contributed by atoms with Gasteiger partial charge in [-0.25, -0.2) is 4.99 Å². The summed E-state index contributed by atoms with van der Waals surface area (Å²) in [7, 11) is 3.51. The SMILES string of the molecule is CCOCCCNC(=NCC(=O)N(C)C)NC1CCN(C(C)c2ccccc2)CC1. The predicted molar refractivity (Wildman–Crippen MR) is 123 cm³/mol. The van der Waals surface area contributed by atoms with Crippen LogP contribution in [0.25, 0.3) is 0 Å². The van der Waals surface area contributed by atoms with Crippen molar-refractivity contribution >= 4 is 11.9 Å². The number of hydrogen-bond acceptors (Lipinski definition) is 4. The smallest absolute Gasteiger partial charge is 0.243 e. The largest absolute Gasteiger partial charge is 0.382 e. The summed E-state index contributed by atoms with van der Waals surface area (Å²) >= 11 is 0. The second kappa shape index (κ2) is 13.2. The van der Waals surface area contributed by atoms with Crippen molar-refractivity contribution in [1.82, 2.24) is 20.4 Å². The molecule has 1 saturated heterocycles. The first kappa shape index (κ1) is 24.2. The van der Waals surface area contributed by atoms with E-state index in [-0.39, 0.29) is 12.5 Å². The monoisotopic (exact) mass is 417 g/mol. The Morgan fingerprint density at radius 2 is 1.97 bits per heavy atom. The average Bonchev–Trinajstić information content (AvgIpc) is 2.77. The van der Waals surface area contributed by atoms with Crippen molar-refractivity contribution < 1.29 is 9.53 Å². The molecule has 2 N–H and O–H groups in total. The summed E-state index contributed by atoms with van der Waals surface area (Å²) in [5.74, 6) is 0.716. The number of hydrogen-bond donors (Lipinski definition) is 2. The lowest BCUT2D eigenvalue weighted by Crippen LogP contribution is -2.49. The molecule has 7 nitrogen and oxygen atoms in total. The van der Waals surface area contributed by atoms with Gasteiger partial charge in [-0.3, -0.25) is 9.69 Å². The number of ether oxygens (including phenoxy) is 1. The van der Waals surface area contributed by atoms with Crippen molar-refractivity contribution in [3.8, 4) is 0 Å². The molecule has 1 unspecified atom stereocenters. The minimum absolute atomic E-state index is 0.00285. The number of carbonyl (C=O) groups excluding carboxylic acids is 1. The quantitative estimate of drug-likeness (QED) is 0.347.